The van der Waals surface area contributed by atoms with E-state index in [2.05, 4.69) is 21.2 Å². The third kappa shape index (κ3) is 3.70. The molecule has 1 aromatic carbocycles. The zero-order valence-corrected chi connectivity index (χ0v) is 12.6. The third-order valence-electron chi connectivity index (χ3n) is 2.99. The largest absolute Gasteiger partial charge is 0.478 e. The van der Waals surface area contributed by atoms with Gasteiger partial charge in [-0.2, -0.15) is 0 Å². The predicted molar refractivity (Wildman–Crippen MR) is 77.5 cm³/mol. The Kier molecular flexibility index (Phi) is 4.94. The molecule has 1 aromatic rings. The molecule has 104 valence electrons. The fourth-order valence-corrected chi connectivity index (χ4v) is 1.99. The standard InChI is InChI=1S/C13H17BrN2O3/c1-6(2)7(3)16-11-5-8(13(18)19)10(14)4-9(11)12(15)17/h4-7,16H,1-3H3,(H2,15,17)(H,18,19)/t7-/m1/s1. The van der Waals surface area contributed by atoms with Crippen LogP contribution in [0.2, 0.25) is 0 Å². The number of nitrogens with one attached hydrogen (secondary N) is 1. The highest BCUT2D eigenvalue weighted by molar-refractivity contribution is 9.10. The van der Waals surface area contributed by atoms with Crippen molar-refractivity contribution < 1.29 is 14.7 Å². The number of hydrogen-bond donors (Lipinski definition) is 3. The molecule has 0 saturated carbocycles. The average molecular weight is 329 g/mol. The molecule has 0 aliphatic carbocycles. The molecule has 1 amide bonds. The summed E-state index contributed by atoms with van der Waals surface area (Å²) in [5, 5.41) is 12.2. The Balaban J connectivity index is 3.29. The van der Waals surface area contributed by atoms with E-state index in [0.29, 0.717) is 16.1 Å². The molecule has 0 unspecified atom stereocenters. The van der Waals surface area contributed by atoms with E-state index >= 15 is 0 Å². The summed E-state index contributed by atoms with van der Waals surface area (Å²) in [6.07, 6.45) is 0. The summed E-state index contributed by atoms with van der Waals surface area (Å²) in [7, 11) is 0. The van der Waals surface area contributed by atoms with Gasteiger partial charge in [0.05, 0.1) is 11.1 Å². The van der Waals surface area contributed by atoms with Gasteiger partial charge in [-0.15, -0.1) is 0 Å². The summed E-state index contributed by atoms with van der Waals surface area (Å²) in [5.41, 5.74) is 6.11. The smallest absolute Gasteiger partial charge is 0.336 e. The summed E-state index contributed by atoms with van der Waals surface area (Å²) in [4.78, 5) is 22.5. The number of nitrogens with two attached hydrogens (primary N) is 1. The first-order chi connectivity index (χ1) is 8.73. The molecule has 1 atom stereocenters. The number of carbonyl (C=O) groups is 2. The van der Waals surface area contributed by atoms with E-state index in [0.717, 1.165) is 0 Å². The van der Waals surface area contributed by atoms with Crippen LogP contribution < -0.4 is 11.1 Å². The molecule has 6 heteroatoms. The zero-order valence-electron chi connectivity index (χ0n) is 11.0. The number of primary amides is 1. The molecule has 0 bridgehead atoms. The number of benzene rings is 1. The van der Waals surface area contributed by atoms with Gasteiger partial charge in [-0.3, -0.25) is 4.79 Å². The van der Waals surface area contributed by atoms with Crippen LogP contribution in [0.3, 0.4) is 0 Å². The van der Waals surface area contributed by atoms with Crippen molar-refractivity contribution in [2.45, 2.75) is 26.8 Å². The van der Waals surface area contributed by atoms with Crippen LogP contribution in [0.5, 0.6) is 0 Å². The Hall–Kier alpha value is -1.56. The number of carboxylic acids is 1. The van der Waals surface area contributed by atoms with Crippen LogP contribution in [0.4, 0.5) is 5.69 Å². The molecule has 0 heterocycles. The first-order valence-corrected chi connectivity index (χ1v) is 6.66. The van der Waals surface area contributed by atoms with E-state index < -0.39 is 11.9 Å². The van der Waals surface area contributed by atoms with Gasteiger partial charge in [-0.1, -0.05) is 13.8 Å². The van der Waals surface area contributed by atoms with Crippen LogP contribution in [-0.2, 0) is 0 Å². The molecule has 0 aromatic heterocycles. The molecule has 0 aliphatic heterocycles. The summed E-state index contributed by atoms with van der Waals surface area (Å²) >= 11 is 3.13. The Morgan fingerprint density at radius 1 is 1.26 bits per heavy atom. The number of carbonyl (C=O) groups excluding carboxylic acids is 1. The van der Waals surface area contributed by atoms with E-state index in [1.165, 1.54) is 12.1 Å². The van der Waals surface area contributed by atoms with Gasteiger partial charge in [-0.05, 0) is 40.9 Å². The lowest BCUT2D eigenvalue weighted by atomic mass is 10.0. The van der Waals surface area contributed by atoms with Gasteiger partial charge in [0.1, 0.15) is 0 Å². The van der Waals surface area contributed by atoms with Crippen LogP contribution >= 0.6 is 15.9 Å². The summed E-state index contributed by atoms with van der Waals surface area (Å²) in [6.45, 7) is 6.01. The van der Waals surface area contributed by atoms with Gasteiger partial charge < -0.3 is 16.2 Å². The van der Waals surface area contributed by atoms with Crippen LogP contribution in [-0.4, -0.2) is 23.0 Å². The molecule has 19 heavy (non-hydrogen) atoms. The summed E-state index contributed by atoms with van der Waals surface area (Å²) < 4.78 is 0.330. The Morgan fingerprint density at radius 2 is 1.84 bits per heavy atom. The van der Waals surface area contributed by atoms with Gasteiger partial charge in [-0.25, -0.2) is 4.79 Å². The topological polar surface area (TPSA) is 92.4 Å². The minimum Gasteiger partial charge on any atom is -0.478 e. The molecular weight excluding hydrogens is 312 g/mol. The summed E-state index contributed by atoms with van der Waals surface area (Å²) in [6, 6.07) is 2.94. The SMILES string of the molecule is CC(C)[C@@H](C)Nc1cc(C(=O)O)c(Br)cc1C(N)=O. The first kappa shape index (κ1) is 15.5. The minimum atomic E-state index is -1.07. The van der Waals surface area contributed by atoms with Crippen molar-refractivity contribution in [3.8, 4) is 0 Å². The number of hydrogen-bond acceptors (Lipinski definition) is 3. The van der Waals surface area contributed by atoms with Gasteiger partial charge in [0, 0.05) is 16.2 Å². The molecule has 0 saturated heterocycles. The van der Waals surface area contributed by atoms with Crippen LogP contribution in [0, 0.1) is 5.92 Å². The van der Waals surface area contributed by atoms with Gasteiger partial charge in [0.15, 0.2) is 0 Å². The molecule has 5 nitrogen and oxygen atoms in total. The van der Waals surface area contributed by atoms with Crippen LogP contribution in [0.15, 0.2) is 16.6 Å². The molecule has 0 radical (unpaired) electrons. The number of aromatic carboxylic acids is 1. The monoisotopic (exact) mass is 328 g/mol. The highest BCUT2D eigenvalue weighted by Gasteiger charge is 2.18. The first-order valence-electron chi connectivity index (χ1n) is 5.87. The van der Waals surface area contributed by atoms with E-state index in [1.807, 2.05) is 20.8 Å². The van der Waals surface area contributed by atoms with Crippen LogP contribution in [0.25, 0.3) is 0 Å². The molecular formula is C13H17BrN2O3. The van der Waals surface area contributed by atoms with Crippen molar-refractivity contribution in [1.82, 2.24) is 0 Å². The van der Waals surface area contributed by atoms with Crippen molar-refractivity contribution >= 4 is 33.5 Å². The van der Waals surface area contributed by atoms with Gasteiger partial charge >= 0.3 is 5.97 Å². The molecule has 0 spiro atoms. The second kappa shape index (κ2) is 6.06. The van der Waals surface area contributed by atoms with Gasteiger partial charge in [0.2, 0.25) is 0 Å². The summed E-state index contributed by atoms with van der Waals surface area (Å²) in [5.74, 6) is -1.34. The number of carboxylic acid groups (broad SMARTS) is 1. The number of amides is 1. The Bertz CT molecular complexity index is 515. The third-order valence-corrected chi connectivity index (χ3v) is 3.64. The highest BCUT2D eigenvalue weighted by atomic mass is 79.9. The number of anilines is 1. The van der Waals surface area contributed by atoms with E-state index in [4.69, 9.17) is 10.8 Å². The number of halogens is 1. The van der Waals surface area contributed by atoms with Gasteiger partial charge in [0.25, 0.3) is 5.91 Å². The van der Waals surface area contributed by atoms with Crippen molar-refractivity contribution in [1.29, 1.82) is 0 Å². The molecule has 4 N–H and O–H groups in total. The maximum Gasteiger partial charge on any atom is 0.336 e. The lowest BCUT2D eigenvalue weighted by Crippen LogP contribution is -2.24. The lowest BCUT2D eigenvalue weighted by molar-refractivity contribution is 0.0695. The maximum atomic E-state index is 11.4. The molecule has 0 fully saturated rings. The van der Waals surface area contributed by atoms with Crippen molar-refractivity contribution in [3.05, 3.63) is 27.7 Å². The van der Waals surface area contributed by atoms with E-state index in [-0.39, 0.29) is 17.2 Å². The normalized spacial score (nSPS) is 12.3. The molecule has 1 rings (SSSR count). The second-order valence-electron chi connectivity index (χ2n) is 4.72. The van der Waals surface area contributed by atoms with Crippen molar-refractivity contribution in [2.75, 3.05) is 5.32 Å². The Labute approximate surface area is 120 Å². The highest BCUT2D eigenvalue weighted by Crippen LogP contribution is 2.27. The minimum absolute atomic E-state index is 0.0842. The van der Waals surface area contributed by atoms with Crippen molar-refractivity contribution in [3.63, 3.8) is 0 Å². The average Bonchev–Trinajstić information content (AvgIpc) is 2.29. The quantitative estimate of drug-likeness (QED) is 0.774. The Morgan fingerprint density at radius 3 is 2.26 bits per heavy atom. The number of rotatable bonds is 5. The molecule has 0 aliphatic rings. The van der Waals surface area contributed by atoms with Crippen LogP contribution in [0.1, 0.15) is 41.5 Å². The van der Waals surface area contributed by atoms with Crippen molar-refractivity contribution in [2.24, 2.45) is 11.7 Å². The van der Waals surface area contributed by atoms with E-state index in [9.17, 15) is 9.59 Å². The fraction of sp³-hybridized carbons (Fsp3) is 0.385. The zero-order chi connectivity index (χ0) is 14.7. The fourth-order valence-electron chi connectivity index (χ4n) is 1.47. The lowest BCUT2D eigenvalue weighted by Gasteiger charge is -2.21. The second-order valence-corrected chi connectivity index (χ2v) is 5.58. The van der Waals surface area contributed by atoms with E-state index in [1.54, 1.807) is 0 Å². The maximum absolute atomic E-state index is 11.4. The predicted octanol–water partition coefficient (Wildman–Crippen LogP) is 2.70.